The van der Waals surface area contributed by atoms with Gasteiger partial charge in [-0.3, -0.25) is 19.5 Å². The molecule has 188 valence electrons. The Morgan fingerprint density at radius 2 is 1.95 bits per heavy atom. The van der Waals surface area contributed by atoms with Gasteiger partial charge in [0.05, 0.1) is 29.9 Å². The highest BCUT2D eigenvalue weighted by molar-refractivity contribution is 6.51. The van der Waals surface area contributed by atoms with Gasteiger partial charge in [-0.1, -0.05) is 12.1 Å². The molecule has 8 heteroatoms. The number of aromatic nitrogens is 1. The zero-order valence-electron chi connectivity index (χ0n) is 20.5. The Bertz CT molecular complexity index is 1410. The van der Waals surface area contributed by atoms with E-state index in [-0.39, 0.29) is 23.0 Å². The number of Topliss-reactive ketones (excluding diaryl/α,β-unsaturated/α-hetero) is 1. The van der Waals surface area contributed by atoms with Gasteiger partial charge in [0.2, 0.25) is 0 Å². The first-order valence-corrected chi connectivity index (χ1v) is 12.1. The number of fused-ring (bicyclic) bond motifs is 1. The number of aryl methyl sites for hydroxylation is 1. The molecule has 37 heavy (non-hydrogen) atoms. The summed E-state index contributed by atoms with van der Waals surface area (Å²) in [5, 5.41) is 11.4. The molecule has 0 saturated carbocycles. The number of ketones is 1. The fourth-order valence-electron chi connectivity index (χ4n) is 4.68. The number of carbonyl (C=O) groups excluding carboxylic acids is 3. The van der Waals surface area contributed by atoms with E-state index in [2.05, 4.69) is 4.98 Å². The van der Waals surface area contributed by atoms with Crippen molar-refractivity contribution in [1.82, 2.24) is 4.98 Å². The van der Waals surface area contributed by atoms with Crippen molar-refractivity contribution >= 4 is 29.1 Å². The summed E-state index contributed by atoms with van der Waals surface area (Å²) in [5.41, 5.74) is 2.41. The molecule has 0 bridgehead atoms. The number of pyridine rings is 1. The summed E-state index contributed by atoms with van der Waals surface area (Å²) in [6.07, 6.45) is 4.46. The summed E-state index contributed by atoms with van der Waals surface area (Å²) < 4.78 is 11.0. The predicted octanol–water partition coefficient (Wildman–Crippen LogP) is 4.60. The molecule has 1 unspecified atom stereocenters. The molecule has 2 aliphatic rings. The number of carbonyl (C=O) groups is 3. The number of amides is 1. The Balaban J connectivity index is 1.64. The first kappa shape index (κ1) is 24.2. The molecular formula is C29H26N2O6. The minimum Gasteiger partial charge on any atom is -0.507 e. The van der Waals surface area contributed by atoms with Gasteiger partial charge in [-0.2, -0.15) is 0 Å². The van der Waals surface area contributed by atoms with Crippen LogP contribution in [0.1, 0.15) is 53.4 Å². The summed E-state index contributed by atoms with van der Waals surface area (Å²) >= 11 is 0. The lowest BCUT2D eigenvalue weighted by Crippen LogP contribution is -2.29. The minimum absolute atomic E-state index is 0.0511. The minimum atomic E-state index is -0.947. The quantitative estimate of drug-likeness (QED) is 0.237. The van der Waals surface area contributed by atoms with Gasteiger partial charge in [-0.25, -0.2) is 4.79 Å². The van der Waals surface area contributed by atoms with Crippen LogP contribution in [0.3, 0.4) is 0 Å². The lowest BCUT2D eigenvalue weighted by molar-refractivity contribution is -0.132. The lowest BCUT2D eigenvalue weighted by atomic mass is 9.94. The molecule has 0 spiro atoms. The molecule has 1 fully saturated rings. The number of benzene rings is 2. The normalized spacial score (nSPS) is 18.5. The maximum atomic E-state index is 13.4. The predicted molar refractivity (Wildman–Crippen MR) is 136 cm³/mol. The molecule has 8 nitrogen and oxygen atoms in total. The highest BCUT2D eigenvalue weighted by atomic mass is 16.5. The van der Waals surface area contributed by atoms with Crippen molar-refractivity contribution in [2.24, 2.45) is 0 Å². The number of aliphatic hydroxyl groups excluding tert-OH is 1. The third kappa shape index (κ3) is 4.58. The van der Waals surface area contributed by atoms with Crippen molar-refractivity contribution in [2.75, 3.05) is 11.5 Å². The molecule has 3 heterocycles. The average molecular weight is 499 g/mol. The van der Waals surface area contributed by atoms with Gasteiger partial charge in [0.25, 0.3) is 11.7 Å². The van der Waals surface area contributed by atoms with E-state index in [0.29, 0.717) is 23.4 Å². The first-order valence-electron chi connectivity index (χ1n) is 12.1. The monoisotopic (exact) mass is 498 g/mol. The second-order valence-electron chi connectivity index (χ2n) is 9.23. The van der Waals surface area contributed by atoms with Crippen LogP contribution in [-0.4, -0.2) is 40.5 Å². The standard InChI is InChI=1S/C29H26N2O6/c1-17(2)37-29(35)20-6-3-9-22(15-20)31-25(21-7-4-12-30-16-21)24(27(33)28(31)34)26(32)19-10-11-23-18(14-19)8-5-13-36-23/h3-4,6-7,9-12,14-17,25,32H,5,8,13H2,1-2H3/b26-24-. The highest BCUT2D eigenvalue weighted by Gasteiger charge is 2.47. The Kier molecular flexibility index (Phi) is 6.48. The summed E-state index contributed by atoms with van der Waals surface area (Å²) in [6, 6.07) is 14.1. The number of hydrogen-bond acceptors (Lipinski definition) is 7. The molecule has 5 rings (SSSR count). The Morgan fingerprint density at radius 1 is 1.11 bits per heavy atom. The molecule has 1 saturated heterocycles. The van der Waals surface area contributed by atoms with E-state index in [1.807, 2.05) is 0 Å². The fraction of sp³-hybridized carbons (Fsp3) is 0.241. The molecule has 2 aromatic carbocycles. The second-order valence-corrected chi connectivity index (χ2v) is 9.23. The largest absolute Gasteiger partial charge is 0.507 e. The van der Waals surface area contributed by atoms with Crippen LogP contribution in [0.4, 0.5) is 5.69 Å². The van der Waals surface area contributed by atoms with E-state index < -0.39 is 23.7 Å². The van der Waals surface area contributed by atoms with Crippen LogP contribution in [0.25, 0.3) is 5.76 Å². The number of ether oxygens (including phenoxy) is 2. The summed E-state index contributed by atoms with van der Waals surface area (Å²) in [5.74, 6) is -1.71. The Labute approximate surface area is 214 Å². The Hall–Kier alpha value is -4.46. The van der Waals surface area contributed by atoms with Crippen LogP contribution in [-0.2, 0) is 20.7 Å². The van der Waals surface area contributed by atoms with Gasteiger partial charge in [-0.15, -0.1) is 0 Å². The summed E-state index contributed by atoms with van der Waals surface area (Å²) in [4.78, 5) is 44.8. The molecular weight excluding hydrogens is 472 g/mol. The van der Waals surface area contributed by atoms with E-state index in [1.165, 1.54) is 11.0 Å². The van der Waals surface area contributed by atoms with E-state index in [0.717, 1.165) is 24.2 Å². The molecule has 1 aromatic heterocycles. The van der Waals surface area contributed by atoms with Gasteiger partial charge in [0, 0.05) is 23.6 Å². The van der Waals surface area contributed by atoms with Crippen molar-refractivity contribution in [1.29, 1.82) is 0 Å². The smallest absolute Gasteiger partial charge is 0.338 e. The molecule has 2 aliphatic heterocycles. The SMILES string of the molecule is CC(C)OC(=O)c1cccc(N2C(=O)C(=O)/C(=C(\O)c3ccc4c(c3)CCCO4)C2c2cccnc2)c1. The number of rotatable bonds is 5. The van der Waals surface area contributed by atoms with Crippen LogP contribution < -0.4 is 9.64 Å². The van der Waals surface area contributed by atoms with E-state index >= 15 is 0 Å². The average Bonchev–Trinajstić information content (AvgIpc) is 3.18. The molecule has 3 aromatic rings. The number of nitrogens with zero attached hydrogens (tertiary/aromatic N) is 2. The highest BCUT2D eigenvalue weighted by Crippen LogP contribution is 2.42. The lowest BCUT2D eigenvalue weighted by Gasteiger charge is -2.25. The van der Waals surface area contributed by atoms with Gasteiger partial charge in [0.15, 0.2) is 0 Å². The van der Waals surface area contributed by atoms with Crippen molar-refractivity contribution in [3.05, 3.63) is 94.8 Å². The van der Waals surface area contributed by atoms with Crippen molar-refractivity contribution < 1.29 is 29.0 Å². The number of esters is 1. The summed E-state index contributed by atoms with van der Waals surface area (Å²) in [6.45, 7) is 4.12. The zero-order chi connectivity index (χ0) is 26.1. The third-order valence-electron chi connectivity index (χ3n) is 6.33. The molecule has 1 amide bonds. The Morgan fingerprint density at radius 3 is 2.70 bits per heavy atom. The van der Waals surface area contributed by atoms with Gasteiger partial charge in [0.1, 0.15) is 11.5 Å². The summed E-state index contributed by atoms with van der Waals surface area (Å²) in [7, 11) is 0. The van der Waals surface area contributed by atoms with Crippen LogP contribution in [0.15, 0.2) is 72.6 Å². The zero-order valence-corrected chi connectivity index (χ0v) is 20.5. The van der Waals surface area contributed by atoms with E-state index in [4.69, 9.17) is 9.47 Å². The van der Waals surface area contributed by atoms with E-state index in [1.54, 1.807) is 74.8 Å². The van der Waals surface area contributed by atoms with Gasteiger partial charge < -0.3 is 14.6 Å². The third-order valence-corrected chi connectivity index (χ3v) is 6.33. The maximum Gasteiger partial charge on any atom is 0.338 e. The number of aliphatic hydroxyl groups is 1. The molecule has 1 N–H and O–H groups in total. The van der Waals surface area contributed by atoms with Crippen molar-refractivity contribution in [2.45, 2.75) is 38.8 Å². The van der Waals surface area contributed by atoms with Crippen LogP contribution in [0.2, 0.25) is 0 Å². The van der Waals surface area contributed by atoms with Crippen molar-refractivity contribution in [3.8, 4) is 5.75 Å². The van der Waals surface area contributed by atoms with Crippen molar-refractivity contribution in [3.63, 3.8) is 0 Å². The molecule has 0 radical (unpaired) electrons. The van der Waals surface area contributed by atoms with E-state index in [9.17, 15) is 19.5 Å². The second kappa shape index (κ2) is 9.89. The van der Waals surface area contributed by atoms with Crippen LogP contribution in [0.5, 0.6) is 5.75 Å². The molecule has 1 atom stereocenters. The van der Waals surface area contributed by atoms with Crippen LogP contribution in [0, 0.1) is 0 Å². The number of anilines is 1. The number of hydrogen-bond donors (Lipinski definition) is 1. The maximum absolute atomic E-state index is 13.4. The first-order chi connectivity index (χ1) is 17.8. The topological polar surface area (TPSA) is 106 Å². The van der Waals surface area contributed by atoms with Crippen LogP contribution >= 0.6 is 0 Å². The fourth-order valence-corrected chi connectivity index (χ4v) is 4.68. The van der Waals surface area contributed by atoms with Gasteiger partial charge >= 0.3 is 5.97 Å². The molecule has 0 aliphatic carbocycles. The van der Waals surface area contributed by atoms with Gasteiger partial charge in [-0.05, 0) is 80.3 Å².